The quantitative estimate of drug-likeness (QED) is 0.337. The maximum absolute atomic E-state index is 13.7. The Hall–Kier alpha value is -4.40. The predicted octanol–water partition coefficient (Wildman–Crippen LogP) is 6.20. The molecule has 9 heteroatoms. The molecule has 0 saturated carbocycles. The first kappa shape index (κ1) is 24.7. The van der Waals surface area contributed by atoms with Crippen molar-refractivity contribution in [2.24, 2.45) is 0 Å². The van der Waals surface area contributed by atoms with E-state index in [1.54, 1.807) is 18.2 Å². The van der Waals surface area contributed by atoms with Crippen molar-refractivity contribution >= 4 is 23.2 Å². The number of aromatic nitrogens is 2. The summed E-state index contributed by atoms with van der Waals surface area (Å²) in [5.74, 6) is -1.33. The van der Waals surface area contributed by atoms with Gasteiger partial charge in [-0.25, -0.2) is 0 Å². The van der Waals surface area contributed by atoms with E-state index in [1.807, 2.05) is 42.5 Å². The molecule has 2 amide bonds. The number of benzene rings is 3. The lowest BCUT2D eigenvalue weighted by Crippen LogP contribution is -2.41. The van der Waals surface area contributed by atoms with Crippen LogP contribution in [0.3, 0.4) is 0 Å². The summed E-state index contributed by atoms with van der Waals surface area (Å²) in [7, 11) is 0. The Morgan fingerprint density at radius 3 is 2.11 bits per heavy atom. The molecule has 36 heavy (non-hydrogen) atoms. The topological polar surface area (TPSA) is 76.0 Å². The highest BCUT2D eigenvalue weighted by Crippen LogP contribution is 2.36. The molecule has 1 aromatic heterocycles. The lowest BCUT2D eigenvalue weighted by molar-refractivity contribution is -0.137. The Morgan fingerprint density at radius 2 is 1.50 bits per heavy atom. The molecule has 0 spiro atoms. The number of carbonyl (C=O) groups excluding carboxylic acids is 2. The molecule has 0 aliphatic carbocycles. The van der Waals surface area contributed by atoms with Gasteiger partial charge in [-0.15, -0.1) is 0 Å². The number of halogens is 3. The van der Waals surface area contributed by atoms with Crippen molar-refractivity contribution in [1.29, 1.82) is 0 Å². The summed E-state index contributed by atoms with van der Waals surface area (Å²) in [6.45, 7) is 3.05. The van der Waals surface area contributed by atoms with E-state index in [0.29, 0.717) is 5.69 Å². The SMILES string of the molecule is CC(C)(C(=O)Nc1cc(C(=O)Nc2ccc(-c3ccccc3)cc2)ccc1C(F)(F)F)n1cccn1. The molecule has 0 radical (unpaired) electrons. The molecule has 0 fully saturated rings. The van der Waals surface area contributed by atoms with Crippen LogP contribution in [0.1, 0.15) is 29.8 Å². The number of carbonyl (C=O) groups is 2. The molecule has 4 aromatic rings. The Morgan fingerprint density at radius 1 is 0.833 bits per heavy atom. The zero-order valence-electron chi connectivity index (χ0n) is 19.5. The fourth-order valence-electron chi connectivity index (χ4n) is 3.59. The predicted molar refractivity (Wildman–Crippen MR) is 131 cm³/mol. The first-order chi connectivity index (χ1) is 17.1. The number of rotatable bonds is 6. The number of hydrogen-bond acceptors (Lipinski definition) is 3. The highest BCUT2D eigenvalue weighted by atomic mass is 19.4. The zero-order chi connectivity index (χ0) is 25.9. The second-order valence-electron chi connectivity index (χ2n) is 8.62. The van der Waals surface area contributed by atoms with Crippen LogP contribution in [0.15, 0.2) is 91.3 Å². The lowest BCUT2D eigenvalue weighted by atomic mass is 10.0. The van der Waals surface area contributed by atoms with Gasteiger partial charge in [0.15, 0.2) is 0 Å². The zero-order valence-corrected chi connectivity index (χ0v) is 19.5. The summed E-state index contributed by atoms with van der Waals surface area (Å²) >= 11 is 0. The Bertz CT molecular complexity index is 1360. The highest BCUT2D eigenvalue weighted by Gasteiger charge is 2.37. The molecule has 6 nitrogen and oxygen atoms in total. The third-order valence-corrected chi connectivity index (χ3v) is 5.72. The van der Waals surface area contributed by atoms with Gasteiger partial charge in [-0.2, -0.15) is 18.3 Å². The standard InChI is InChI=1S/C27H23F3N4O2/c1-26(2,34-16-6-15-31-34)25(36)33-23-17-20(11-14-22(23)27(28,29)30)24(35)32-21-12-9-19(10-13-21)18-7-4-3-5-8-18/h3-17H,1-2H3,(H,32,35)(H,33,36). The van der Waals surface area contributed by atoms with Crippen molar-refractivity contribution in [2.75, 3.05) is 10.6 Å². The van der Waals surface area contributed by atoms with Gasteiger partial charge in [0.1, 0.15) is 5.54 Å². The largest absolute Gasteiger partial charge is 0.418 e. The minimum atomic E-state index is -4.74. The normalized spacial score (nSPS) is 11.7. The van der Waals surface area contributed by atoms with Gasteiger partial charge in [-0.05, 0) is 61.4 Å². The second-order valence-corrected chi connectivity index (χ2v) is 8.62. The van der Waals surface area contributed by atoms with Crippen LogP contribution in [0.5, 0.6) is 0 Å². The van der Waals surface area contributed by atoms with Crippen LogP contribution in [-0.4, -0.2) is 21.6 Å². The number of hydrogen-bond donors (Lipinski definition) is 2. The van der Waals surface area contributed by atoms with Gasteiger partial charge in [-0.3, -0.25) is 14.3 Å². The highest BCUT2D eigenvalue weighted by molar-refractivity contribution is 6.06. The van der Waals surface area contributed by atoms with Crippen LogP contribution in [0.2, 0.25) is 0 Å². The number of amides is 2. The molecule has 184 valence electrons. The van der Waals surface area contributed by atoms with E-state index >= 15 is 0 Å². The molecule has 0 saturated heterocycles. The molecule has 0 atom stereocenters. The van der Waals surface area contributed by atoms with Crippen LogP contribution >= 0.6 is 0 Å². The van der Waals surface area contributed by atoms with Crippen molar-refractivity contribution in [1.82, 2.24) is 9.78 Å². The molecule has 0 unspecified atom stereocenters. The second kappa shape index (κ2) is 9.69. The van der Waals surface area contributed by atoms with Crippen LogP contribution in [0.4, 0.5) is 24.5 Å². The maximum atomic E-state index is 13.7. The molecule has 3 aromatic carbocycles. The van der Waals surface area contributed by atoms with E-state index < -0.39 is 34.8 Å². The van der Waals surface area contributed by atoms with Gasteiger partial charge >= 0.3 is 6.18 Å². The average Bonchev–Trinajstić information content (AvgIpc) is 3.40. The molecule has 1 heterocycles. The molecule has 0 aliphatic heterocycles. The first-order valence-electron chi connectivity index (χ1n) is 11.1. The van der Waals surface area contributed by atoms with E-state index in [1.165, 1.54) is 30.9 Å². The lowest BCUT2D eigenvalue weighted by Gasteiger charge is -2.25. The van der Waals surface area contributed by atoms with Crippen molar-refractivity contribution in [3.63, 3.8) is 0 Å². The molecular weight excluding hydrogens is 469 g/mol. The summed E-state index contributed by atoms with van der Waals surface area (Å²) in [4.78, 5) is 25.7. The fourth-order valence-corrected chi connectivity index (χ4v) is 3.59. The number of nitrogens with zero attached hydrogens (tertiary/aromatic N) is 2. The summed E-state index contributed by atoms with van der Waals surface area (Å²) in [5, 5.41) is 9.02. The van der Waals surface area contributed by atoms with E-state index in [2.05, 4.69) is 15.7 Å². The number of alkyl halides is 3. The van der Waals surface area contributed by atoms with Crippen molar-refractivity contribution in [2.45, 2.75) is 25.6 Å². The van der Waals surface area contributed by atoms with Gasteiger partial charge in [0, 0.05) is 23.6 Å². The summed E-state index contributed by atoms with van der Waals surface area (Å²) in [6.07, 6.45) is -1.73. The smallest absolute Gasteiger partial charge is 0.323 e. The van der Waals surface area contributed by atoms with Crippen molar-refractivity contribution in [3.05, 3.63) is 102 Å². The third-order valence-electron chi connectivity index (χ3n) is 5.72. The minimum absolute atomic E-state index is 0.0395. The molecular formula is C27H23F3N4O2. The fraction of sp³-hybridized carbons (Fsp3) is 0.148. The van der Waals surface area contributed by atoms with Crippen molar-refractivity contribution in [3.8, 4) is 11.1 Å². The summed E-state index contributed by atoms with van der Waals surface area (Å²) in [6, 6.07) is 21.2. The average molecular weight is 493 g/mol. The van der Waals surface area contributed by atoms with E-state index in [0.717, 1.165) is 29.3 Å². The van der Waals surface area contributed by atoms with Gasteiger partial charge in [0.2, 0.25) is 0 Å². The number of nitrogens with one attached hydrogen (secondary N) is 2. The van der Waals surface area contributed by atoms with Gasteiger partial charge in [-0.1, -0.05) is 42.5 Å². The third kappa shape index (κ3) is 5.30. The first-order valence-corrected chi connectivity index (χ1v) is 11.1. The number of anilines is 2. The van der Waals surface area contributed by atoms with E-state index in [9.17, 15) is 22.8 Å². The van der Waals surface area contributed by atoms with E-state index in [-0.39, 0.29) is 5.56 Å². The molecule has 2 N–H and O–H groups in total. The van der Waals surface area contributed by atoms with Crippen molar-refractivity contribution < 1.29 is 22.8 Å². The summed E-state index contributed by atoms with van der Waals surface area (Å²) < 4.78 is 42.3. The minimum Gasteiger partial charge on any atom is -0.323 e. The van der Waals surface area contributed by atoms with Crippen LogP contribution in [0.25, 0.3) is 11.1 Å². The van der Waals surface area contributed by atoms with Crippen LogP contribution < -0.4 is 10.6 Å². The van der Waals surface area contributed by atoms with Crippen LogP contribution in [-0.2, 0) is 16.5 Å². The Kier molecular flexibility index (Phi) is 6.65. The van der Waals surface area contributed by atoms with Gasteiger partial charge in [0.25, 0.3) is 11.8 Å². The van der Waals surface area contributed by atoms with Gasteiger partial charge in [0.05, 0.1) is 11.3 Å². The Labute approximate surface area is 205 Å². The maximum Gasteiger partial charge on any atom is 0.418 e. The molecule has 4 rings (SSSR count). The van der Waals surface area contributed by atoms with E-state index in [4.69, 9.17) is 0 Å². The molecule has 0 bridgehead atoms. The Balaban J connectivity index is 1.57. The summed E-state index contributed by atoms with van der Waals surface area (Å²) in [5.41, 5.74) is -0.446. The van der Waals surface area contributed by atoms with Gasteiger partial charge < -0.3 is 10.6 Å². The monoisotopic (exact) mass is 492 g/mol. The van der Waals surface area contributed by atoms with Crippen LogP contribution in [0, 0.1) is 0 Å². The molecule has 0 aliphatic rings.